The van der Waals surface area contributed by atoms with Crippen molar-refractivity contribution in [3.63, 3.8) is 0 Å². The molecule has 1 aromatic heterocycles. The zero-order valence-corrected chi connectivity index (χ0v) is 13.1. The molecule has 0 saturated carbocycles. The van der Waals surface area contributed by atoms with Crippen molar-refractivity contribution in [3.8, 4) is 5.75 Å². The van der Waals surface area contributed by atoms with Crippen LogP contribution in [-0.4, -0.2) is 33.5 Å². The Morgan fingerprint density at radius 3 is 2.76 bits per heavy atom. The van der Waals surface area contributed by atoms with Crippen LogP contribution in [0.3, 0.4) is 0 Å². The SMILES string of the molecule is CC(C)N(CCc1nccs1)C(=O)Cc1ccccc1O. The van der Waals surface area contributed by atoms with Crippen LogP contribution in [0.2, 0.25) is 0 Å². The van der Waals surface area contributed by atoms with Crippen LogP contribution in [0.4, 0.5) is 0 Å². The first-order valence-electron chi connectivity index (χ1n) is 7.02. The summed E-state index contributed by atoms with van der Waals surface area (Å²) in [6.45, 7) is 4.66. The van der Waals surface area contributed by atoms with Gasteiger partial charge >= 0.3 is 0 Å². The number of benzene rings is 1. The number of hydrogen-bond donors (Lipinski definition) is 1. The van der Waals surface area contributed by atoms with Gasteiger partial charge in [0, 0.05) is 36.1 Å². The van der Waals surface area contributed by atoms with Gasteiger partial charge in [-0.1, -0.05) is 18.2 Å². The quantitative estimate of drug-likeness (QED) is 0.893. The van der Waals surface area contributed by atoms with E-state index in [0.29, 0.717) is 12.1 Å². The van der Waals surface area contributed by atoms with E-state index in [4.69, 9.17) is 0 Å². The Bertz CT molecular complexity index is 582. The largest absolute Gasteiger partial charge is 0.508 e. The van der Waals surface area contributed by atoms with Gasteiger partial charge in [-0.25, -0.2) is 4.98 Å². The lowest BCUT2D eigenvalue weighted by Crippen LogP contribution is -2.39. The van der Waals surface area contributed by atoms with Crippen LogP contribution in [0.15, 0.2) is 35.8 Å². The molecule has 2 aromatic rings. The summed E-state index contributed by atoms with van der Waals surface area (Å²) < 4.78 is 0. The minimum absolute atomic E-state index is 0.0306. The van der Waals surface area contributed by atoms with Gasteiger partial charge in [0.2, 0.25) is 5.91 Å². The van der Waals surface area contributed by atoms with Gasteiger partial charge in [0.15, 0.2) is 0 Å². The van der Waals surface area contributed by atoms with Crippen molar-refractivity contribution in [1.82, 2.24) is 9.88 Å². The van der Waals surface area contributed by atoms with E-state index in [-0.39, 0.29) is 24.1 Å². The van der Waals surface area contributed by atoms with Gasteiger partial charge in [-0.05, 0) is 19.9 Å². The molecule has 112 valence electrons. The Morgan fingerprint density at radius 2 is 2.14 bits per heavy atom. The summed E-state index contributed by atoms with van der Waals surface area (Å²) in [6.07, 6.45) is 2.77. The van der Waals surface area contributed by atoms with Crippen LogP contribution in [-0.2, 0) is 17.6 Å². The summed E-state index contributed by atoms with van der Waals surface area (Å²) in [5.41, 5.74) is 0.669. The van der Waals surface area contributed by atoms with Gasteiger partial charge in [-0.3, -0.25) is 4.79 Å². The second-order valence-corrected chi connectivity index (χ2v) is 6.14. The predicted octanol–water partition coefficient (Wildman–Crippen LogP) is 2.87. The van der Waals surface area contributed by atoms with E-state index in [1.807, 2.05) is 30.2 Å². The number of aromatic nitrogens is 1. The number of phenolic OH excluding ortho intramolecular Hbond substituents is 1. The molecule has 0 aliphatic heterocycles. The summed E-state index contributed by atoms with van der Waals surface area (Å²) >= 11 is 1.61. The molecule has 2 rings (SSSR count). The third-order valence-corrected chi connectivity index (χ3v) is 4.17. The van der Waals surface area contributed by atoms with Gasteiger partial charge in [0.25, 0.3) is 0 Å². The Morgan fingerprint density at radius 1 is 1.38 bits per heavy atom. The Kier molecular flexibility index (Phi) is 5.33. The molecule has 21 heavy (non-hydrogen) atoms. The predicted molar refractivity (Wildman–Crippen MR) is 84.5 cm³/mol. The average molecular weight is 304 g/mol. The molecule has 0 aliphatic carbocycles. The van der Waals surface area contributed by atoms with Crippen LogP contribution in [0.1, 0.15) is 24.4 Å². The number of carbonyl (C=O) groups is 1. The van der Waals surface area contributed by atoms with E-state index in [1.54, 1.807) is 35.7 Å². The first kappa shape index (κ1) is 15.5. The molecular weight excluding hydrogens is 284 g/mol. The van der Waals surface area contributed by atoms with Gasteiger partial charge in [0.1, 0.15) is 5.75 Å². The fourth-order valence-corrected chi connectivity index (χ4v) is 2.80. The van der Waals surface area contributed by atoms with Crippen LogP contribution >= 0.6 is 11.3 Å². The monoisotopic (exact) mass is 304 g/mol. The van der Waals surface area contributed by atoms with Crippen molar-refractivity contribution in [2.75, 3.05) is 6.54 Å². The first-order valence-corrected chi connectivity index (χ1v) is 7.90. The van der Waals surface area contributed by atoms with Crippen LogP contribution < -0.4 is 0 Å². The number of hydrogen-bond acceptors (Lipinski definition) is 4. The maximum atomic E-state index is 12.5. The Labute approximate surface area is 129 Å². The first-order chi connectivity index (χ1) is 10.1. The highest BCUT2D eigenvalue weighted by atomic mass is 32.1. The maximum absolute atomic E-state index is 12.5. The Balaban J connectivity index is 2.00. The number of amides is 1. The van der Waals surface area contributed by atoms with Crippen molar-refractivity contribution in [3.05, 3.63) is 46.4 Å². The number of para-hydroxylation sites is 1. The molecule has 1 amide bonds. The van der Waals surface area contributed by atoms with Crippen LogP contribution in [0.5, 0.6) is 5.75 Å². The van der Waals surface area contributed by atoms with E-state index in [9.17, 15) is 9.90 Å². The number of thiazole rings is 1. The van der Waals surface area contributed by atoms with E-state index in [0.717, 1.165) is 11.4 Å². The fraction of sp³-hybridized carbons (Fsp3) is 0.375. The summed E-state index contributed by atoms with van der Waals surface area (Å²) in [7, 11) is 0. The molecule has 1 aromatic carbocycles. The Hall–Kier alpha value is -1.88. The van der Waals surface area contributed by atoms with Gasteiger partial charge in [-0.15, -0.1) is 11.3 Å². The zero-order valence-electron chi connectivity index (χ0n) is 12.3. The molecule has 5 heteroatoms. The lowest BCUT2D eigenvalue weighted by atomic mass is 10.1. The number of phenols is 1. The van der Waals surface area contributed by atoms with Crippen LogP contribution in [0, 0.1) is 0 Å². The van der Waals surface area contributed by atoms with Crippen LogP contribution in [0.25, 0.3) is 0 Å². The van der Waals surface area contributed by atoms with E-state index >= 15 is 0 Å². The summed E-state index contributed by atoms with van der Waals surface area (Å²) in [6, 6.07) is 7.11. The van der Waals surface area contributed by atoms with Gasteiger partial charge in [0.05, 0.1) is 11.4 Å². The van der Waals surface area contributed by atoms with Gasteiger partial charge < -0.3 is 10.0 Å². The van der Waals surface area contributed by atoms with Crippen molar-refractivity contribution in [1.29, 1.82) is 0 Å². The van der Waals surface area contributed by atoms with E-state index in [1.165, 1.54) is 0 Å². The highest BCUT2D eigenvalue weighted by molar-refractivity contribution is 7.09. The molecule has 0 unspecified atom stereocenters. The van der Waals surface area contributed by atoms with Crippen molar-refractivity contribution in [2.45, 2.75) is 32.7 Å². The smallest absolute Gasteiger partial charge is 0.227 e. The lowest BCUT2D eigenvalue weighted by Gasteiger charge is -2.26. The minimum Gasteiger partial charge on any atom is -0.508 e. The molecule has 0 saturated heterocycles. The third-order valence-electron chi connectivity index (χ3n) is 3.33. The molecule has 0 fully saturated rings. The van der Waals surface area contributed by atoms with E-state index < -0.39 is 0 Å². The summed E-state index contributed by atoms with van der Waals surface area (Å²) in [5.74, 6) is 0.206. The molecule has 0 radical (unpaired) electrons. The molecule has 0 atom stereocenters. The zero-order chi connectivity index (χ0) is 15.2. The second-order valence-electron chi connectivity index (χ2n) is 5.16. The van der Waals surface area contributed by atoms with E-state index in [2.05, 4.69) is 4.98 Å². The molecule has 0 spiro atoms. The number of aromatic hydroxyl groups is 1. The fourth-order valence-electron chi connectivity index (χ4n) is 2.19. The molecule has 1 heterocycles. The van der Waals surface area contributed by atoms with Crippen molar-refractivity contribution >= 4 is 17.2 Å². The second kappa shape index (κ2) is 7.22. The highest BCUT2D eigenvalue weighted by Gasteiger charge is 2.18. The molecular formula is C16H20N2O2S. The standard InChI is InChI=1S/C16H20N2O2S/c1-12(2)18(9-7-15-17-8-10-21-15)16(20)11-13-5-3-4-6-14(13)19/h3-6,8,10,12,19H,7,9,11H2,1-2H3. The maximum Gasteiger partial charge on any atom is 0.227 e. The summed E-state index contributed by atoms with van der Waals surface area (Å²) in [4.78, 5) is 18.6. The topological polar surface area (TPSA) is 53.4 Å². The highest BCUT2D eigenvalue weighted by Crippen LogP contribution is 2.18. The summed E-state index contributed by atoms with van der Waals surface area (Å²) in [5, 5.41) is 12.8. The normalized spacial score (nSPS) is 10.8. The molecule has 0 aliphatic rings. The number of carbonyl (C=O) groups excluding carboxylic acids is 1. The lowest BCUT2D eigenvalue weighted by molar-refractivity contribution is -0.132. The molecule has 4 nitrogen and oxygen atoms in total. The number of rotatable bonds is 6. The number of nitrogens with zero attached hydrogens (tertiary/aromatic N) is 2. The average Bonchev–Trinajstić information content (AvgIpc) is 2.94. The third kappa shape index (κ3) is 4.29. The van der Waals surface area contributed by atoms with Gasteiger partial charge in [-0.2, -0.15) is 0 Å². The molecule has 1 N–H and O–H groups in total. The van der Waals surface area contributed by atoms with Crippen molar-refractivity contribution < 1.29 is 9.90 Å². The minimum atomic E-state index is 0.0306. The van der Waals surface area contributed by atoms with Crippen molar-refractivity contribution in [2.24, 2.45) is 0 Å². The molecule has 0 bridgehead atoms.